The van der Waals surface area contributed by atoms with Crippen LogP contribution in [0.25, 0.3) is 0 Å². The normalized spacial score (nSPS) is 28.3. The van der Waals surface area contributed by atoms with Crippen molar-refractivity contribution in [2.75, 3.05) is 19.3 Å². The number of carbonyl (C=O) groups excluding carboxylic acids is 1. The van der Waals surface area contributed by atoms with Crippen LogP contribution in [0.2, 0.25) is 0 Å². The molecule has 2 saturated heterocycles. The predicted octanol–water partition coefficient (Wildman–Crippen LogP) is -0.0987. The van der Waals surface area contributed by atoms with E-state index in [9.17, 15) is 13.2 Å². The third-order valence-electron chi connectivity index (χ3n) is 5.57. The van der Waals surface area contributed by atoms with E-state index in [2.05, 4.69) is 10.2 Å². The Morgan fingerprint density at radius 2 is 2.08 bits per heavy atom. The van der Waals surface area contributed by atoms with Gasteiger partial charge in [0.2, 0.25) is 15.9 Å². The van der Waals surface area contributed by atoms with Crippen LogP contribution in [0.5, 0.6) is 0 Å². The second kappa shape index (κ2) is 6.37. The monoisotopic (exact) mass is 367 g/mol. The number of hydrogen-bond acceptors (Lipinski definition) is 5. The molecule has 3 aliphatic rings. The first-order valence-corrected chi connectivity index (χ1v) is 10.8. The van der Waals surface area contributed by atoms with Crippen LogP contribution in [0.3, 0.4) is 0 Å². The van der Waals surface area contributed by atoms with E-state index >= 15 is 0 Å². The minimum absolute atomic E-state index is 0.140. The van der Waals surface area contributed by atoms with E-state index in [4.69, 9.17) is 5.10 Å². The molecule has 4 rings (SSSR count). The van der Waals surface area contributed by atoms with Crippen molar-refractivity contribution in [1.29, 1.82) is 0 Å². The lowest BCUT2D eigenvalue weighted by molar-refractivity contribution is -0.121. The molecule has 1 aromatic heterocycles. The average Bonchev–Trinajstić information content (AvgIpc) is 2.95. The number of amides is 1. The van der Waals surface area contributed by atoms with Gasteiger partial charge in [0.05, 0.1) is 24.2 Å². The SMILES string of the molecule is CS(=O)(=O)N1CCCn2nc(CN3[C@@H]4CC[C@H]3CNC(=O)C4)cc2C1. The molecule has 1 amide bonds. The van der Waals surface area contributed by atoms with E-state index in [1.165, 1.54) is 10.6 Å². The minimum Gasteiger partial charge on any atom is -0.354 e. The van der Waals surface area contributed by atoms with E-state index in [1.54, 1.807) is 0 Å². The molecule has 9 heteroatoms. The molecule has 0 aliphatic carbocycles. The molecule has 1 aromatic rings. The molecule has 25 heavy (non-hydrogen) atoms. The van der Waals surface area contributed by atoms with Gasteiger partial charge in [-0.3, -0.25) is 14.4 Å². The summed E-state index contributed by atoms with van der Waals surface area (Å²) in [5.41, 5.74) is 1.92. The van der Waals surface area contributed by atoms with Gasteiger partial charge in [-0.1, -0.05) is 0 Å². The smallest absolute Gasteiger partial charge is 0.221 e. The van der Waals surface area contributed by atoms with Gasteiger partial charge in [-0.05, 0) is 25.3 Å². The van der Waals surface area contributed by atoms with Crippen molar-refractivity contribution < 1.29 is 13.2 Å². The van der Waals surface area contributed by atoms with Gasteiger partial charge in [0, 0.05) is 44.7 Å². The van der Waals surface area contributed by atoms with E-state index in [0.29, 0.717) is 38.1 Å². The average molecular weight is 367 g/mol. The summed E-state index contributed by atoms with van der Waals surface area (Å²) < 4.78 is 27.2. The van der Waals surface area contributed by atoms with Gasteiger partial charge < -0.3 is 5.32 Å². The van der Waals surface area contributed by atoms with Crippen molar-refractivity contribution in [2.45, 2.75) is 57.4 Å². The Morgan fingerprint density at radius 1 is 1.28 bits per heavy atom. The van der Waals surface area contributed by atoms with Gasteiger partial charge in [0.25, 0.3) is 0 Å². The van der Waals surface area contributed by atoms with Crippen LogP contribution in [-0.2, 0) is 34.5 Å². The molecule has 2 atom stereocenters. The number of carbonyl (C=O) groups is 1. The zero-order valence-corrected chi connectivity index (χ0v) is 15.3. The van der Waals surface area contributed by atoms with Gasteiger partial charge >= 0.3 is 0 Å². The molecule has 0 radical (unpaired) electrons. The predicted molar refractivity (Wildman–Crippen MR) is 92.1 cm³/mol. The Morgan fingerprint density at radius 3 is 2.88 bits per heavy atom. The summed E-state index contributed by atoms with van der Waals surface area (Å²) in [4.78, 5) is 14.2. The van der Waals surface area contributed by atoms with Crippen LogP contribution < -0.4 is 5.32 Å². The Kier molecular flexibility index (Phi) is 4.33. The highest BCUT2D eigenvalue weighted by molar-refractivity contribution is 7.88. The van der Waals surface area contributed by atoms with Crippen molar-refractivity contribution >= 4 is 15.9 Å². The molecule has 138 valence electrons. The number of sulfonamides is 1. The van der Waals surface area contributed by atoms with Crippen LogP contribution in [0, 0.1) is 0 Å². The molecule has 8 nitrogen and oxygen atoms in total. The third kappa shape index (κ3) is 3.45. The summed E-state index contributed by atoms with van der Waals surface area (Å²) in [5.74, 6) is 0.140. The topological polar surface area (TPSA) is 87.5 Å². The fourth-order valence-electron chi connectivity index (χ4n) is 4.27. The third-order valence-corrected chi connectivity index (χ3v) is 6.82. The maximum Gasteiger partial charge on any atom is 0.221 e. The maximum atomic E-state index is 11.9. The number of nitrogens with zero attached hydrogens (tertiary/aromatic N) is 4. The highest BCUT2D eigenvalue weighted by Gasteiger charge is 2.37. The number of hydrogen-bond donors (Lipinski definition) is 1. The second-order valence-electron chi connectivity index (χ2n) is 7.37. The summed E-state index contributed by atoms with van der Waals surface area (Å²) in [6.45, 7) is 3.11. The first-order valence-electron chi connectivity index (χ1n) is 8.93. The molecular formula is C16H25N5O3S. The van der Waals surface area contributed by atoms with Crippen LogP contribution in [-0.4, -0.2) is 64.7 Å². The Balaban J connectivity index is 1.52. The van der Waals surface area contributed by atoms with Crippen molar-refractivity contribution in [1.82, 2.24) is 24.3 Å². The zero-order chi connectivity index (χ0) is 17.6. The fraction of sp³-hybridized carbons (Fsp3) is 0.750. The summed E-state index contributed by atoms with van der Waals surface area (Å²) in [7, 11) is -3.19. The first-order chi connectivity index (χ1) is 11.9. The van der Waals surface area contributed by atoms with Crippen molar-refractivity contribution in [3.63, 3.8) is 0 Å². The molecule has 3 aliphatic heterocycles. The Hall–Kier alpha value is -1.45. The number of aromatic nitrogens is 2. The number of nitrogens with one attached hydrogen (secondary N) is 1. The van der Waals surface area contributed by atoms with E-state index < -0.39 is 10.0 Å². The van der Waals surface area contributed by atoms with Crippen molar-refractivity contribution in [3.05, 3.63) is 17.5 Å². The molecule has 0 saturated carbocycles. The molecule has 0 unspecified atom stereocenters. The highest BCUT2D eigenvalue weighted by Crippen LogP contribution is 2.30. The van der Waals surface area contributed by atoms with Gasteiger partial charge in [-0.15, -0.1) is 0 Å². The molecule has 4 heterocycles. The second-order valence-corrected chi connectivity index (χ2v) is 9.35. The fourth-order valence-corrected chi connectivity index (χ4v) is 5.10. The van der Waals surface area contributed by atoms with Gasteiger partial charge in [0.1, 0.15) is 0 Å². The summed E-state index contributed by atoms with van der Waals surface area (Å²) in [5, 5.41) is 7.71. The first kappa shape index (κ1) is 17.0. The van der Waals surface area contributed by atoms with E-state index in [0.717, 1.165) is 43.7 Å². The Bertz CT molecular complexity index is 775. The number of rotatable bonds is 3. The number of aryl methyl sites for hydroxylation is 1. The molecule has 1 N–H and O–H groups in total. The summed E-state index contributed by atoms with van der Waals surface area (Å²) in [6, 6.07) is 2.70. The quantitative estimate of drug-likeness (QED) is 0.806. The lowest BCUT2D eigenvalue weighted by Crippen LogP contribution is -2.37. The summed E-state index contributed by atoms with van der Waals surface area (Å²) in [6.07, 6.45) is 4.77. The van der Waals surface area contributed by atoms with Crippen LogP contribution in [0.15, 0.2) is 6.07 Å². The largest absolute Gasteiger partial charge is 0.354 e. The van der Waals surface area contributed by atoms with Gasteiger partial charge in [0.15, 0.2) is 0 Å². The maximum absolute atomic E-state index is 11.9. The van der Waals surface area contributed by atoms with Gasteiger partial charge in [-0.2, -0.15) is 9.40 Å². The number of fused-ring (bicyclic) bond motifs is 3. The molecule has 2 fully saturated rings. The lowest BCUT2D eigenvalue weighted by atomic mass is 10.1. The Labute approximate surface area is 148 Å². The standard InChI is InChI=1S/C16H25N5O3S/c1-25(23,24)19-5-2-6-21-15(11-19)7-12(18-21)10-20-13-3-4-14(20)9-17-16(22)8-13/h7,13-14H,2-6,8-11H2,1H3,(H,17,22)/t13-,14+/m1/s1. The van der Waals surface area contributed by atoms with Crippen molar-refractivity contribution in [3.8, 4) is 0 Å². The minimum atomic E-state index is -3.19. The zero-order valence-electron chi connectivity index (χ0n) is 14.5. The van der Waals surface area contributed by atoms with E-state index in [-0.39, 0.29) is 5.91 Å². The van der Waals surface area contributed by atoms with E-state index in [1.807, 2.05) is 10.7 Å². The molecule has 2 bridgehead atoms. The van der Waals surface area contributed by atoms with Crippen LogP contribution >= 0.6 is 0 Å². The molecule has 0 spiro atoms. The van der Waals surface area contributed by atoms with Crippen molar-refractivity contribution in [2.24, 2.45) is 0 Å². The highest BCUT2D eigenvalue weighted by atomic mass is 32.2. The van der Waals surface area contributed by atoms with Crippen LogP contribution in [0.4, 0.5) is 0 Å². The van der Waals surface area contributed by atoms with Crippen LogP contribution in [0.1, 0.15) is 37.1 Å². The van der Waals surface area contributed by atoms with Gasteiger partial charge in [-0.25, -0.2) is 8.42 Å². The summed E-state index contributed by atoms with van der Waals surface area (Å²) >= 11 is 0. The molecule has 0 aromatic carbocycles. The lowest BCUT2D eigenvalue weighted by Gasteiger charge is -2.26. The molecular weight excluding hydrogens is 342 g/mol.